The van der Waals surface area contributed by atoms with E-state index in [1.165, 1.54) is 7.11 Å². The molecule has 57 heavy (non-hydrogen) atoms. The Balaban J connectivity index is 1.10. The molecule has 2 aromatic carbocycles. The number of amides is 4. The maximum absolute atomic E-state index is 13.6. The number of alkyl carbamates (subject to hydrolysis) is 1. The number of carbonyl (C=O) groups is 4. The van der Waals surface area contributed by atoms with Crippen LogP contribution in [0.4, 0.5) is 9.59 Å². The standard InChI is InChI=1S/C43H52N8O6/c1-24(2)36(48-42(54)55)40(52)50-22-26(5)18-34(50)38-44-20-32(46-38)30-14-10-28(11-15-30)8-9-29-12-16-31(17-13-29)33-21-45-39(47-33)35-19-27(6)23-51(35)41(53)37(25(3)4)49-43(56)57-7/h10-17,20-21,24-27,34-37,48H,18-19,22-23H2,1-7H3,(H,44,46)(H,45,47)(H,49,56)(H,54,55)/t26-,27?,34-,35?,36-,37-/m0/s1. The van der Waals surface area contributed by atoms with Gasteiger partial charge in [0.25, 0.3) is 0 Å². The molecule has 4 heterocycles. The number of hydrogen-bond donors (Lipinski definition) is 5. The summed E-state index contributed by atoms with van der Waals surface area (Å²) >= 11 is 0. The van der Waals surface area contributed by atoms with E-state index in [1.54, 1.807) is 17.3 Å². The minimum atomic E-state index is -1.22. The number of carbonyl (C=O) groups excluding carboxylic acids is 3. The van der Waals surface area contributed by atoms with Gasteiger partial charge in [-0.1, -0.05) is 77.6 Å². The Morgan fingerprint density at radius 3 is 1.49 bits per heavy atom. The number of rotatable bonds is 10. The van der Waals surface area contributed by atoms with Crippen molar-refractivity contribution >= 4 is 24.0 Å². The zero-order valence-electron chi connectivity index (χ0n) is 33.5. The molecule has 2 fully saturated rings. The van der Waals surface area contributed by atoms with E-state index in [4.69, 9.17) is 4.74 Å². The number of imidazole rings is 2. The Morgan fingerprint density at radius 2 is 1.12 bits per heavy atom. The van der Waals surface area contributed by atoms with Gasteiger partial charge in [-0.05, 0) is 71.9 Å². The summed E-state index contributed by atoms with van der Waals surface area (Å²) in [5.74, 6) is 7.67. The Hall–Kier alpha value is -6.10. The molecule has 6 rings (SSSR count). The first-order chi connectivity index (χ1) is 27.2. The summed E-state index contributed by atoms with van der Waals surface area (Å²) in [7, 11) is 1.29. The van der Waals surface area contributed by atoms with Crippen LogP contribution < -0.4 is 10.6 Å². The molecule has 2 aliphatic heterocycles. The number of carboxylic acid groups (broad SMARTS) is 1. The van der Waals surface area contributed by atoms with Gasteiger partial charge in [-0.3, -0.25) is 9.59 Å². The van der Waals surface area contributed by atoms with Crippen molar-refractivity contribution in [2.45, 2.75) is 78.6 Å². The average molecular weight is 777 g/mol. The van der Waals surface area contributed by atoms with Gasteiger partial charge in [-0.2, -0.15) is 0 Å². The van der Waals surface area contributed by atoms with Gasteiger partial charge >= 0.3 is 12.2 Å². The SMILES string of the molecule is COC(=O)N[C@H](C(=O)N1CC(C)CC1c1ncc(-c2ccc(C#Cc3ccc(-c4cnc([C@@H]5C[C@H](C)CN5C(=O)[C@@H](NC(=O)O)C(C)C)[nH]4)cc3)cc2)[nH]1)C(C)C. The van der Waals surface area contributed by atoms with Crippen molar-refractivity contribution < 1.29 is 29.0 Å². The van der Waals surface area contributed by atoms with Crippen LogP contribution >= 0.6 is 0 Å². The monoisotopic (exact) mass is 776 g/mol. The van der Waals surface area contributed by atoms with E-state index in [2.05, 4.69) is 56.3 Å². The number of ether oxygens (including phenoxy) is 1. The van der Waals surface area contributed by atoms with Crippen LogP contribution in [0.5, 0.6) is 0 Å². The lowest BCUT2D eigenvalue weighted by molar-refractivity contribution is -0.136. The van der Waals surface area contributed by atoms with Crippen molar-refractivity contribution in [3.05, 3.63) is 83.7 Å². The van der Waals surface area contributed by atoms with Crippen molar-refractivity contribution in [2.75, 3.05) is 20.2 Å². The highest BCUT2D eigenvalue weighted by Gasteiger charge is 2.41. The summed E-state index contributed by atoms with van der Waals surface area (Å²) in [6.07, 6.45) is 3.18. The minimum absolute atomic E-state index is 0.119. The van der Waals surface area contributed by atoms with Crippen molar-refractivity contribution in [3.63, 3.8) is 0 Å². The number of hydrogen-bond acceptors (Lipinski definition) is 7. The molecule has 2 aliphatic rings. The topological polar surface area (TPSA) is 186 Å². The van der Waals surface area contributed by atoms with Gasteiger partial charge in [-0.15, -0.1) is 0 Å². The van der Waals surface area contributed by atoms with Crippen LogP contribution in [0.25, 0.3) is 22.5 Å². The van der Waals surface area contributed by atoms with Gasteiger partial charge in [-0.25, -0.2) is 19.6 Å². The molecular formula is C43H52N8O6. The second-order valence-corrected chi connectivity index (χ2v) is 16.0. The molecule has 6 atom stereocenters. The summed E-state index contributed by atoms with van der Waals surface area (Å²) in [6.45, 7) is 12.7. The second-order valence-electron chi connectivity index (χ2n) is 16.0. The molecular weight excluding hydrogens is 725 g/mol. The summed E-state index contributed by atoms with van der Waals surface area (Å²) < 4.78 is 4.76. The zero-order valence-corrected chi connectivity index (χ0v) is 33.5. The molecule has 0 aliphatic carbocycles. The normalized spacial score (nSPS) is 20.2. The van der Waals surface area contributed by atoms with Crippen LogP contribution in [0.3, 0.4) is 0 Å². The lowest BCUT2D eigenvalue weighted by atomic mass is 10.0. The number of nitrogens with zero attached hydrogens (tertiary/aromatic N) is 4. The Morgan fingerprint density at radius 1 is 0.719 bits per heavy atom. The first kappa shape index (κ1) is 40.6. The van der Waals surface area contributed by atoms with Crippen LogP contribution in [0.1, 0.15) is 89.2 Å². The van der Waals surface area contributed by atoms with E-state index in [0.717, 1.165) is 46.5 Å². The van der Waals surface area contributed by atoms with Gasteiger partial charge in [0.2, 0.25) is 11.8 Å². The Labute approximate surface area is 333 Å². The predicted octanol–water partition coefficient (Wildman–Crippen LogP) is 6.36. The molecule has 300 valence electrons. The van der Waals surface area contributed by atoms with E-state index in [0.29, 0.717) is 24.7 Å². The quantitative estimate of drug-likeness (QED) is 0.115. The summed E-state index contributed by atoms with van der Waals surface area (Å²) in [5.41, 5.74) is 5.21. The predicted molar refractivity (Wildman–Crippen MR) is 214 cm³/mol. The molecule has 0 saturated carbocycles. The third kappa shape index (κ3) is 9.31. The number of methoxy groups -OCH3 is 1. The van der Waals surface area contributed by atoms with Gasteiger partial charge in [0, 0.05) is 24.2 Å². The highest BCUT2D eigenvalue weighted by Crippen LogP contribution is 2.37. The fourth-order valence-corrected chi connectivity index (χ4v) is 7.72. The van der Waals surface area contributed by atoms with Crippen LogP contribution in [0, 0.1) is 35.5 Å². The molecule has 14 heteroatoms. The molecule has 2 unspecified atom stereocenters. The number of aromatic amines is 2. The average Bonchev–Trinajstić information content (AvgIpc) is 4.01. The van der Waals surface area contributed by atoms with E-state index in [9.17, 15) is 24.3 Å². The van der Waals surface area contributed by atoms with E-state index >= 15 is 0 Å². The van der Waals surface area contributed by atoms with E-state index < -0.39 is 24.3 Å². The van der Waals surface area contributed by atoms with Crippen molar-refractivity contribution in [2.24, 2.45) is 23.7 Å². The van der Waals surface area contributed by atoms with Crippen LogP contribution in [0.2, 0.25) is 0 Å². The summed E-state index contributed by atoms with van der Waals surface area (Å²) in [4.78, 5) is 70.2. The second kappa shape index (κ2) is 17.4. The fourth-order valence-electron chi connectivity index (χ4n) is 7.72. The van der Waals surface area contributed by atoms with Crippen molar-refractivity contribution in [1.29, 1.82) is 0 Å². The van der Waals surface area contributed by atoms with Crippen molar-refractivity contribution in [3.8, 4) is 34.4 Å². The zero-order chi connectivity index (χ0) is 41.0. The first-order valence-corrected chi connectivity index (χ1v) is 19.5. The summed E-state index contributed by atoms with van der Waals surface area (Å²) in [5, 5.41) is 14.4. The van der Waals surface area contributed by atoms with E-state index in [1.807, 2.05) is 81.1 Å². The highest BCUT2D eigenvalue weighted by atomic mass is 16.5. The fraction of sp³-hybridized carbons (Fsp3) is 0.442. The minimum Gasteiger partial charge on any atom is -0.465 e. The highest BCUT2D eigenvalue weighted by molar-refractivity contribution is 5.87. The van der Waals surface area contributed by atoms with E-state index in [-0.39, 0.29) is 47.6 Å². The van der Waals surface area contributed by atoms with Crippen LogP contribution in [0.15, 0.2) is 60.9 Å². The molecule has 0 radical (unpaired) electrons. The molecule has 0 bridgehead atoms. The van der Waals surface area contributed by atoms with Gasteiger partial charge < -0.3 is 40.2 Å². The Kier molecular flexibility index (Phi) is 12.4. The number of aromatic nitrogens is 4. The van der Waals surface area contributed by atoms with Crippen LogP contribution in [-0.4, -0.2) is 91.1 Å². The summed E-state index contributed by atoms with van der Waals surface area (Å²) in [6, 6.07) is 13.7. The van der Waals surface area contributed by atoms with Gasteiger partial charge in [0.05, 0.1) is 43.0 Å². The lowest BCUT2D eigenvalue weighted by Crippen LogP contribution is -2.51. The molecule has 5 N–H and O–H groups in total. The number of likely N-dealkylation sites (tertiary alicyclic amines) is 2. The largest absolute Gasteiger partial charge is 0.465 e. The smallest absolute Gasteiger partial charge is 0.407 e. The molecule has 2 saturated heterocycles. The molecule has 14 nitrogen and oxygen atoms in total. The molecule has 4 aromatic rings. The van der Waals surface area contributed by atoms with Crippen LogP contribution in [-0.2, 0) is 14.3 Å². The van der Waals surface area contributed by atoms with Crippen molar-refractivity contribution in [1.82, 2.24) is 40.4 Å². The molecule has 0 spiro atoms. The lowest BCUT2D eigenvalue weighted by Gasteiger charge is -2.30. The first-order valence-electron chi connectivity index (χ1n) is 19.5. The maximum Gasteiger partial charge on any atom is 0.407 e. The number of nitrogens with one attached hydrogen (secondary N) is 4. The van der Waals surface area contributed by atoms with Gasteiger partial charge in [0.1, 0.15) is 23.7 Å². The molecule has 4 amide bonds. The number of H-pyrrole nitrogens is 2. The number of benzene rings is 2. The van der Waals surface area contributed by atoms with Gasteiger partial charge in [0.15, 0.2) is 0 Å². The Bertz CT molecular complexity index is 2130. The molecule has 2 aromatic heterocycles. The maximum atomic E-state index is 13.6. The third-order valence-corrected chi connectivity index (χ3v) is 10.8. The third-order valence-electron chi connectivity index (χ3n) is 10.8.